The molecule has 114 valence electrons. The SMILES string of the molecule is CC1CCCCC1NC(=O)CN1CCCC(C(=O)O)C1. The van der Waals surface area contributed by atoms with Gasteiger partial charge in [0, 0.05) is 12.6 Å². The Balaban J connectivity index is 1.77. The summed E-state index contributed by atoms with van der Waals surface area (Å²) in [5, 5.41) is 12.2. The molecule has 0 aromatic heterocycles. The molecule has 2 rings (SSSR count). The molecule has 0 spiro atoms. The predicted octanol–water partition coefficient (Wildman–Crippen LogP) is 1.48. The van der Waals surface area contributed by atoms with Crippen LogP contribution in [0, 0.1) is 11.8 Å². The lowest BCUT2D eigenvalue weighted by atomic mass is 9.86. The van der Waals surface area contributed by atoms with Crippen LogP contribution >= 0.6 is 0 Å². The normalized spacial score (nSPS) is 31.8. The molecule has 2 fully saturated rings. The lowest BCUT2D eigenvalue weighted by Crippen LogP contribution is -2.48. The number of aliphatic carboxylic acids is 1. The summed E-state index contributed by atoms with van der Waals surface area (Å²) in [5.41, 5.74) is 0. The first kappa shape index (κ1) is 15.3. The van der Waals surface area contributed by atoms with Crippen LogP contribution in [-0.2, 0) is 9.59 Å². The minimum Gasteiger partial charge on any atom is -0.481 e. The van der Waals surface area contributed by atoms with Crippen molar-refractivity contribution in [2.24, 2.45) is 11.8 Å². The van der Waals surface area contributed by atoms with E-state index >= 15 is 0 Å². The van der Waals surface area contributed by atoms with Crippen molar-refractivity contribution >= 4 is 11.9 Å². The highest BCUT2D eigenvalue weighted by molar-refractivity contribution is 5.78. The maximum atomic E-state index is 12.1. The van der Waals surface area contributed by atoms with Gasteiger partial charge in [-0.3, -0.25) is 14.5 Å². The van der Waals surface area contributed by atoms with E-state index in [0.29, 0.717) is 25.0 Å². The first-order valence-electron chi connectivity index (χ1n) is 7.81. The number of amides is 1. The highest BCUT2D eigenvalue weighted by atomic mass is 16.4. The van der Waals surface area contributed by atoms with E-state index in [9.17, 15) is 9.59 Å². The van der Waals surface area contributed by atoms with Gasteiger partial charge in [0.2, 0.25) is 5.91 Å². The summed E-state index contributed by atoms with van der Waals surface area (Å²) < 4.78 is 0. The number of carbonyl (C=O) groups excluding carboxylic acids is 1. The average Bonchev–Trinajstić information content (AvgIpc) is 2.41. The maximum absolute atomic E-state index is 12.1. The molecule has 2 N–H and O–H groups in total. The molecule has 1 saturated heterocycles. The van der Waals surface area contributed by atoms with Crippen molar-refractivity contribution in [2.75, 3.05) is 19.6 Å². The van der Waals surface area contributed by atoms with Gasteiger partial charge in [-0.15, -0.1) is 0 Å². The van der Waals surface area contributed by atoms with Crippen molar-refractivity contribution < 1.29 is 14.7 Å². The maximum Gasteiger partial charge on any atom is 0.307 e. The molecule has 1 aliphatic carbocycles. The smallest absolute Gasteiger partial charge is 0.307 e. The number of piperidine rings is 1. The summed E-state index contributed by atoms with van der Waals surface area (Å²) in [6, 6.07) is 0.302. The van der Waals surface area contributed by atoms with E-state index in [4.69, 9.17) is 5.11 Å². The van der Waals surface area contributed by atoms with E-state index in [0.717, 1.165) is 25.8 Å². The van der Waals surface area contributed by atoms with Crippen LogP contribution in [0.3, 0.4) is 0 Å². The molecule has 20 heavy (non-hydrogen) atoms. The lowest BCUT2D eigenvalue weighted by Gasteiger charge is -2.32. The molecule has 1 saturated carbocycles. The Labute approximate surface area is 120 Å². The lowest BCUT2D eigenvalue weighted by molar-refractivity contribution is -0.144. The average molecular weight is 282 g/mol. The van der Waals surface area contributed by atoms with Gasteiger partial charge < -0.3 is 10.4 Å². The van der Waals surface area contributed by atoms with Crippen LogP contribution in [0.4, 0.5) is 0 Å². The van der Waals surface area contributed by atoms with Crippen molar-refractivity contribution in [3.05, 3.63) is 0 Å². The zero-order chi connectivity index (χ0) is 14.5. The summed E-state index contributed by atoms with van der Waals surface area (Å²) in [5.74, 6) is -0.447. The van der Waals surface area contributed by atoms with Crippen LogP contribution < -0.4 is 5.32 Å². The zero-order valence-electron chi connectivity index (χ0n) is 12.3. The van der Waals surface area contributed by atoms with E-state index in [-0.39, 0.29) is 11.8 Å². The minimum absolute atomic E-state index is 0.0507. The number of rotatable bonds is 4. The summed E-state index contributed by atoms with van der Waals surface area (Å²) in [7, 11) is 0. The third-order valence-electron chi connectivity index (χ3n) is 4.68. The molecule has 2 aliphatic rings. The monoisotopic (exact) mass is 282 g/mol. The molecule has 3 unspecified atom stereocenters. The largest absolute Gasteiger partial charge is 0.481 e. The Bertz CT molecular complexity index is 359. The molecular formula is C15H26N2O3. The number of hydrogen-bond acceptors (Lipinski definition) is 3. The summed E-state index contributed by atoms with van der Waals surface area (Å²) in [4.78, 5) is 25.1. The first-order valence-corrected chi connectivity index (χ1v) is 7.81. The number of carboxylic acids is 1. The van der Waals surface area contributed by atoms with Crippen LogP contribution in [0.2, 0.25) is 0 Å². The van der Waals surface area contributed by atoms with E-state index in [1.54, 1.807) is 0 Å². The van der Waals surface area contributed by atoms with Crippen molar-refractivity contribution in [3.63, 3.8) is 0 Å². The van der Waals surface area contributed by atoms with Crippen molar-refractivity contribution in [1.82, 2.24) is 10.2 Å². The van der Waals surface area contributed by atoms with Gasteiger partial charge in [0.25, 0.3) is 0 Å². The number of carbonyl (C=O) groups is 2. The molecule has 1 heterocycles. The fourth-order valence-corrected chi connectivity index (χ4v) is 3.39. The number of nitrogens with one attached hydrogen (secondary N) is 1. The molecule has 5 nitrogen and oxygen atoms in total. The molecule has 0 radical (unpaired) electrons. The fraction of sp³-hybridized carbons (Fsp3) is 0.867. The molecule has 1 amide bonds. The number of carboxylic acid groups (broad SMARTS) is 1. The van der Waals surface area contributed by atoms with Crippen LogP contribution in [0.15, 0.2) is 0 Å². The first-order chi connectivity index (χ1) is 9.56. The van der Waals surface area contributed by atoms with E-state index in [2.05, 4.69) is 12.2 Å². The highest BCUT2D eigenvalue weighted by Crippen LogP contribution is 2.23. The second-order valence-corrected chi connectivity index (χ2v) is 6.35. The fourth-order valence-electron chi connectivity index (χ4n) is 3.39. The number of nitrogens with zero attached hydrogens (tertiary/aromatic N) is 1. The van der Waals surface area contributed by atoms with Gasteiger partial charge in [0.1, 0.15) is 0 Å². The zero-order valence-corrected chi connectivity index (χ0v) is 12.3. The third-order valence-corrected chi connectivity index (χ3v) is 4.68. The van der Waals surface area contributed by atoms with Gasteiger partial charge >= 0.3 is 5.97 Å². The molecule has 0 bridgehead atoms. The Morgan fingerprint density at radius 2 is 1.95 bits per heavy atom. The molecule has 0 aromatic carbocycles. The molecule has 0 aromatic rings. The van der Waals surface area contributed by atoms with E-state index in [1.165, 1.54) is 19.3 Å². The topological polar surface area (TPSA) is 69.6 Å². The predicted molar refractivity (Wildman–Crippen MR) is 76.4 cm³/mol. The molecule has 3 atom stereocenters. The van der Waals surface area contributed by atoms with Gasteiger partial charge in [-0.2, -0.15) is 0 Å². The van der Waals surface area contributed by atoms with Crippen molar-refractivity contribution in [2.45, 2.75) is 51.5 Å². The summed E-state index contributed by atoms with van der Waals surface area (Å²) >= 11 is 0. The molecule has 1 aliphatic heterocycles. The second-order valence-electron chi connectivity index (χ2n) is 6.35. The Hall–Kier alpha value is -1.10. The van der Waals surface area contributed by atoms with E-state index in [1.807, 2.05) is 4.90 Å². The summed E-state index contributed by atoms with van der Waals surface area (Å²) in [6.45, 7) is 3.87. The van der Waals surface area contributed by atoms with Gasteiger partial charge in [-0.1, -0.05) is 19.8 Å². The van der Waals surface area contributed by atoms with Crippen molar-refractivity contribution in [1.29, 1.82) is 0 Å². The van der Waals surface area contributed by atoms with Gasteiger partial charge in [-0.05, 0) is 38.1 Å². The van der Waals surface area contributed by atoms with E-state index < -0.39 is 5.97 Å². The Morgan fingerprint density at radius 3 is 2.65 bits per heavy atom. The minimum atomic E-state index is -0.740. The number of likely N-dealkylation sites (tertiary alicyclic amines) is 1. The summed E-state index contributed by atoms with van der Waals surface area (Å²) in [6.07, 6.45) is 6.32. The molecular weight excluding hydrogens is 256 g/mol. The van der Waals surface area contributed by atoms with Crippen LogP contribution in [-0.4, -0.2) is 47.6 Å². The van der Waals surface area contributed by atoms with Crippen LogP contribution in [0.25, 0.3) is 0 Å². The second kappa shape index (κ2) is 7.07. The number of hydrogen-bond donors (Lipinski definition) is 2. The molecule has 5 heteroatoms. The Kier molecular flexibility index (Phi) is 5.40. The third kappa shape index (κ3) is 4.20. The van der Waals surface area contributed by atoms with Crippen LogP contribution in [0.1, 0.15) is 45.4 Å². The quantitative estimate of drug-likeness (QED) is 0.819. The highest BCUT2D eigenvalue weighted by Gasteiger charge is 2.28. The van der Waals surface area contributed by atoms with Gasteiger partial charge in [0.15, 0.2) is 0 Å². The standard InChI is InChI=1S/C15H26N2O3/c1-11-5-2-3-7-13(11)16-14(18)10-17-8-4-6-12(9-17)15(19)20/h11-13H,2-10H2,1H3,(H,16,18)(H,19,20). The van der Waals surface area contributed by atoms with Gasteiger partial charge in [0.05, 0.1) is 12.5 Å². The van der Waals surface area contributed by atoms with Gasteiger partial charge in [-0.25, -0.2) is 0 Å². The Morgan fingerprint density at radius 1 is 1.20 bits per heavy atom. The van der Waals surface area contributed by atoms with Crippen molar-refractivity contribution in [3.8, 4) is 0 Å². The van der Waals surface area contributed by atoms with Crippen LogP contribution in [0.5, 0.6) is 0 Å².